The number of aryl methyl sites for hydroxylation is 1. The van der Waals surface area contributed by atoms with Crippen LogP contribution in [0.15, 0.2) is 24.3 Å². The number of likely N-dealkylation sites (tertiary alicyclic amines) is 1. The summed E-state index contributed by atoms with van der Waals surface area (Å²) in [5.74, 6) is 0.234. The Morgan fingerprint density at radius 2 is 2.00 bits per heavy atom. The van der Waals surface area contributed by atoms with E-state index in [9.17, 15) is 4.79 Å². The van der Waals surface area contributed by atoms with Gasteiger partial charge in [-0.2, -0.15) is 0 Å². The molecule has 108 valence electrons. The first-order valence-corrected chi connectivity index (χ1v) is 7.82. The van der Waals surface area contributed by atoms with Gasteiger partial charge in [0.2, 0.25) is 0 Å². The molecule has 3 heteroatoms. The third kappa shape index (κ3) is 2.47. The first-order chi connectivity index (χ1) is 9.74. The summed E-state index contributed by atoms with van der Waals surface area (Å²) in [4.78, 5) is 14.8. The predicted molar refractivity (Wildman–Crippen MR) is 80.9 cm³/mol. The second-order valence-corrected chi connectivity index (χ2v) is 6.24. The molecule has 1 aromatic rings. The van der Waals surface area contributed by atoms with Crippen LogP contribution in [-0.2, 0) is 6.42 Å². The van der Waals surface area contributed by atoms with E-state index in [0.29, 0.717) is 5.41 Å². The molecule has 1 N–H and O–H groups in total. The number of hydrogen-bond acceptors (Lipinski definition) is 2. The summed E-state index contributed by atoms with van der Waals surface area (Å²) >= 11 is 0. The molecule has 2 aliphatic heterocycles. The van der Waals surface area contributed by atoms with Crippen LogP contribution in [0.25, 0.3) is 0 Å². The minimum absolute atomic E-state index is 0.234. The lowest BCUT2D eigenvalue weighted by molar-refractivity contribution is 0.0761. The fraction of sp³-hybridized carbons (Fsp3) is 0.588. The molecule has 3 nitrogen and oxygen atoms in total. The molecular weight excluding hydrogens is 248 g/mol. The van der Waals surface area contributed by atoms with E-state index in [1.807, 2.05) is 18.2 Å². The van der Waals surface area contributed by atoms with Crippen molar-refractivity contribution >= 4 is 5.91 Å². The molecule has 0 aromatic heterocycles. The Labute approximate surface area is 121 Å². The van der Waals surface area contributed by atoms with Crippen molar-refractivity contribution in [3.8, 4) is 0 Å². The largest absolute Gasteiger partial charge is 0.338 e. The Bertz CT molecular complexity index is 492. The van der Waals surface area contributed by atoms with Gasteiger partial charge in [0, 0.05) is 18.7 Å². The van der Waals surface area contributed by atoms with Gasteiger partial charge in [-0.05, 0) is 55.8 Å². The summed E-state index contributed by atoms with van der Waals surface area (Å²) in [7, 11) is 0. The first-order valence-electron chi connectivity index (χ1n) is 7.82. The van der Waals surface area contributed by atoms with E-state index >= 15 is 0 Å². The average Bonchev–Trinajstić information content (AvgIpc) is 2.91. The van der Waals surface area contributed by atoms with E-state index < -0.39 is 0 Å². The Morgan fingerprint density at radius 1 is 1.25 bits per heavy atom. The number of benzene rings is 1. The van der Waals surface area contributed by atoms with Gasteiger partial charge in [-0.25, -0.2) is 0 Å². The number of rotatable bonds is 2. The van der Waals surface area contributed by atoms with Gasteiger partial charge >= 0.3 is 0 Å². The summed E-state index contributed by atoms with van der Waals surface area (Å²) in [5.41, 5.74) is 2.46. The number of carbonyl (C=O) groups excluding carboxylic acids is 1. The average molecular weight is 272 g/mol. The van der Waals surface area contributed by atoms with Crippen molar-refractivity contribution in [3.63, 3.8) is 0 Å². The van der Waals surface area contributed by atoms with E-state index in [0.717, 1.165) is 38.2 Å². The molecule has 1 amide bonds. The zero-order chi connectivity index (χ0) is 14.0. The highest BCUT2D eigenvalue weighted by Crippen LogP contribution is 2.39. The smallest absolute Gasteiger partial charge is 0.254 e. The normalized spacial score (nSPS) is 21.4. The summed E-state index contributed by atoms with van der Waals surface area (Å²) in [6.45, 7) is 6.20. The molecule has 20 heavy (non-hydrogen) atoms. The zero-order valence-corrected chi connectivity index (χ0v) is 12.3. The Hall–Kier alpha value is -1.35. The fourth-order valence-electron chi connectivity index (χ4n) is 3.68. The van der Waals surface area contributed by atoms with E-state index in [1.54, 1.807) is 0 Å². The maximum absolute atomic E-state index is 12.8. The molecule has 0 saturated carbocycles. The summed E-state index contributed by atoms with van der Waals surface area (Å²) < 4.78 is 0. The van der Waals surface area contributed by atoms with Crippen LogP contribution >= 0.6 is 0 Å². The van der Waals surface area contributed by atoms with E-state index in [-0.39, 0.29) is 5.91 Å². The number of carbonyl (C=O) groups is 1. The van der Waals surface area contributed by atoms with Crippen molar-refractivity contribution in [2.45, 2.75) is 32.6 Å². The number of piperidine rings is 1. The topological polar surface area (TPSA) is 32.3 Å². The van der Waals surface area contributed by atoms with Crippen LogP contribution in [0.4, 0.5) is 0 Å². The second-order valence-electron chi connectivity index (χ2n) is 6.24. The third-order valence-electron chi connectivity index (χ3n) is 5.02. The SMILES string of the molecule is CCc1ccccc1C(=O)N1CCC2(CCNCC2)C1. The second kappa shape index (κ2) is 5.57. The van der Waals surface area contributed by atoms with Gasteiger partial charge in [0.1, 0.15) is 0 Å². The van der Waals surface area contributed by atoms with Crippen molar-refractivity contribution in [2.24, 2.45) is 5.41 Å². The number of nitrogens with one attached hydrogen (secondary N) is 1. The fourth-order valence-corrected chi connectivity index (χ4v) is 3.68. The van der Waals surface area contributed by atoms with E-state index in [1.165, 1.54) is 24.8 Å². The standard InChI is InChI=1S/C17H24N2O/c1-2-14-5-3-4-6-15(14)16(20)19-12-9-17(13-19)7-10-18-11-8-17/h3-6,18H,2,7-13H2,1H3. The molecular formula is C17H24N2O. The molecule has 2 aliphatic rings. The molecule has 0 unspecified atom stereocenters. The number of hydrogen-bond donors (Lipinski definition) is 1. The van der Waals surface area contributed by atoms with Gasteiger partial charge in [-0.3, -0.25) is 4.79 Å². The maximum Gasteiger partial charge on any atom is 0.254 e. The molecule has 2 fully saturated rings. The zero-order valence-electron chi connectivity index (χ0n) is 12.3. The van der Waals surface area contributed by atoms with Gasteiger partial charge in [-0.1, -0.05) is 25.1 Å². The lowest BCUT2D eigenvalue weighted by atomic mass is 9.78. The Kier molecular flexibility index (Phi) is 3.79. The monoisotopic (exact) mass is 272 g/mol. The lowest BCUT2D eigenvalue weighted by Crippen LogP contribution is -2.39. The Morgan fingerprint density at radius 3 is 2.75 bits per heavy atom. The van der Waals surface area contributed by atoms with Crippen LogP contribution in [-0.4, -0.2) is 37.0 Å². The summed E-state index contributed by atoms with van der Waals surface area (Å²) in [6.07, 6.45) is 4.53. The van der Waals surface area contributed by atoms with Gasteiger partial charge in [-0.15, -0.1) is 0 Å². The summed E-state index contributed by atoms with van der Waals surface area (Å²) in [6, 6.07) is 8.05. The minimum atomic E-state index is 0.234. The third-order valence-corrected chi connectivity index (χ3v) is 5.02. The molecule has 2 saturated heterocycles. The molecule has 0 atom stereocenters. The Balaban J connectivity index is 1.75. The van der Waals surface area contributed by atoms with Crippen LogP contribution in [0, 0.1) is 5.41 Å². The van der Waals surface area contributed by atoms with Crippen molar-refractivity contribution in [3.05, 3.63) is 35.4 Å². The van der Waals surface area contributed by atoms with Gasteiger partial charge in [0.15, 0.2) is 0 Å². The van der Waals surface area contributed by atoms with Crippen LogP contribution in [0.5, 0.6) is 0 Å². The van der Waals surface area contributed by atoms with Crippen molar-refractivity contribution in [1.82, 2.24) is 10.2 Å². The summed E-state index contributed by atoms with van der Waals surface area (Å²) in [5, 5.41) is 3.43. The molecule has 3 rings (SSSR count). The molecule has 0 radical (unpaired) electrons. The molecule has 2 heterocycles. The first kappa shape index (κ1) is 13.6. The van der Waals surface area contributed by atoms with Gasteiger partial charge in [0.05, 0.1) is 0 Å². The number of nitrogens with zero attached hydrogens (tertiary/aromatic N) is 1. The molecule has 0 aliphatic carbocycles. The van der Waals surface area contributed by atoms with Crippen LogP contribution in [0.2, 0.25) is 0 Å². The maximum atomic E-state index is 12.8. The van der Waals surface area contributed by atoms with Crippen molar-refractivity contribution < 1.29 is 4.79 Å². The minimum Gasteiger partial charge on any atom is -0.338 e. The highest BCUT2D eigenvalue weighted by molar-refractivity contribution is 5.95. The molecule has 0 bridgehead atoms. The van der Waals surface area contributed by atoms with E-state index in [4.69, 9.17) is 0 Å². The van der Waals surface area contributed by atoms with Crippen molar-refractivity contribution in [1.29, 1.82) is 0 Å². The van der Waals surface area contributed by atoms with Gasteiger partial charge in [0.25, 0.3) is 5.91 Å². The number of amides is 1. The highest BCUT2D eigenvalue weighted by Gasteiger charge is 2.40. The van der Waals surface area contributed by atoms with Crippen LogP contribution < -0.4 is 5.32 Å². The van der Waals surface area contributed by atoms with E-state index in [2.05, 4.69) is 23.2 Å². The van der Waals surface area contributed by atoms with Gasteiger partial charge < -0.3 is 10.2 Å². The molecule has 1 spiro atoms. The van der Waals surface area contributed by atoms with Crippen LogP contribution in [0.1, 0.15) is 42.1 Å². The lowest BCUT2D eigenvalue weighted by Gasteiger charge is -2.33. The quantitative estimate of drug-likeness (QED) is 0.897. The molecule has 1 aromatic carbocycles. The predicted octanol–water partition coefficient (Wildman–Crippen LogP) is 2.46. The van der Waals surface area contributed by atoms with Crippen LogP contribution in [0.3, 0.4) is 0 Å². The van der Waals surface area contributed by atoms with Crippen molar-refractivity contribution in [2.75, 3.05) is 26.2 Å². The highest BCUT2D eigenvalue weighted by atomic mass is 16.2.